The molecule has 83 heavy (non-hydrogen) atoms. The van der Waals surface area contributed by atoms with Crippen LogP contribution in [0.2, 0.25) is 0 Å². The molecular weight excluding hydrogens is 1070 g/mol. The van der Waals surface area contributed by atoms with Crippen LogP contribution in [0.1, 0.15) is 108 Å². The summed E-state index contributed by atoms with van der Waals surface area (Å²) in [5.74, 6) is -5.64. The molecule has 25 heteroatoms. The maximum atomic E-state index is 14.2. The van der Waals surface area contributed by atoms with Crippen molar-refractivity contribution in [3.8, 4) is 0 Å². The van der Waals surface area contributed by atoms with Gasteiger partial charge >= 0.3 is 23.9 Å². The van der Waals surface area contributed by atoms with Crippen LogP contribution in [0.25, 0.3) is 0 Å². The zero-order valence-electron chi connectivity index (χ0n) is 48.3. The number of benzene rings is 2. The topological polar surface area (TPSA) is 371 Å². The first-order chi connectivity index (χ1) is 39.9. The minimum Gasteiger partial charge on any atom is -0.481 e. The molecule has 5 rings (SSSR count). The summed E-state index contributed by atoms with van der Waals surface area (Å²) < 4.78 is 0. The van der Waals surface area contributed by atoms with Gasteiger partial charge in [-0.3, -0.25) is 28.8 Å². The van der Waals surface area contributed by atoms with Gasteiger partial charge in [-0.05, 0) is 56.1 Å². The van der Waals surface area contributed by atoms with Gasteiger partial charge in [0.1, 0.15) is 24.2 Å². The summed E-state index contributed by atoms with van der Waals surface area (Å²) in [5, 5.41) is 68.3. The summed E-state index contributed by atoms with van der Waals surface area (Å²) in [6.45, 7) is 11.7. The number of rotatable bonds is 33. The van der Waals surface area contributed by atoms with Gasteiger partial charge in [0.15, 0.2) is 0 Å². The van der Waals surface area contributed by atoms with Crippen LogP contribution in [0.3, 0.4) is 0 Å². The Morgan fingerprint density at radius 1 is 0.446 bits per heavy atom. The Balaban J connectivity index is 1.21. The molecule has 2 unspecified atom stereocenters. The molecule has 3 aliphatic rings. The van der Waals surface area contributed by atoms with E-state index in [1.165, 1.54) is 0 Å². The van der Waals surface area contributed by atoms with E-state index in [0.29, 0.717) is 51.9 Å². The van der Waals surface area contributed by atoms with E-state index in [-0.39, 0.29) is 81.0 Å². The van der Waals surface area contributed by atoms with Crippen molar-refractivity contribution in [3.63, 3.8) is 0 Å². The molecule has 16 N–H and O–H groups in total. The van der Waals surface area contributed by atoms with Gasteiger partial charge < -0.3 is 84.4 Å². The standard InChI is InChI=1S/C58H93N13O12/c1-57-36-59-28-31-62-39-58(40-63-32-29-60-37-57,41-64-33-30-61-38-57)71-50(74)23-15-22-49(73)67-47(35-43-18-9-6-10-19-43)53(78)68-46(34-42-16-7-5-8-17-42)52(77)66-27-13-4-2-3-11-21-48(72)65-26-14-12-20-44(54(79)80)69-56(83)70-45(55(81)82)24-25-51(75)76/h5-10,16-19,44-47,59-64H,2-4,11-15,20-41H2,1H3,(H,65,72)(H,66,77)(H,67,73)(H,68,78)(H,71,74)(H,75,76)(H,79,80)(H,81,82)(H2,69,70,83)/t44?,45?,46-,47-,57?,58?/m1/s1. The Labute approximate surface area is 487 Å². The quantitative estimate of drug-likeness (QED) is 0.0413. The maximum absolute atomic E-state index is 14.2. The molecule has 2 aromatic carbocycles. The van der Waals surface area contributed by atoms with Gasteiger partial charge in [0, 0.05) is 136 Å². The average Bonchev–Trinajstić information content (AvgIpc) is 3.58. The van der Waals surface area contributed by atoms with Crippen LogP contribution < -0.4 is 69.1 Å². The summed E-state index contributed by atoms with van der Waals surface area (Å²) >= 11 is 0. The SMILES string of the molecule is CC12CNCCNCC(NC(=O)CCCC(=O)N[C@H](Cc3ccccc3)C(=O)N[C@H](Cc3ccccc3)C(=O)NCCCCCCCC(=O)NCCCCC(NC(=O)NC(CCC(=O)O)C(=O)O)C(=O)O)(CNCCNC1)CNCCNC2. The van der Waals surface area contributed by atoms with Crippen molar-refractivity contribution >= 4 is 53.5 Å². The van der Waals surface area contributed by atoms with Crippen LogP contribution in [0.5, 0.6) is 0 Å². The van der Waals surface area contributed by atoms with Crippen LogP contribution >= 0.6 is 0 Å². The monoisotopic (exact) mass is 1160 g/mol. The van der Waals surface area contributed by atoms with Crippen molar-refractivity contribution in [2.45, 2.75) is 139 Å². The molecule has 0 aliphatic carbocycles. The van der Waals surface area contributed by atoms with Gasteiger partial charge in [0.05, 0.1) is 5.54 Å². The van der Waals surface area contributed by atoms with Gasteiger partial charge in [-0.15, -0.1) is 0 Å². The third-order valence-corrected chi connectivity index (χ3v) is 14.5. The molecule has 3 fully saturated rings. The number of carbonyl (C=O) groups is 9. The highest BCUT2D eigenvalue weighted by Gasteiger charge is 2.33. The number of urea groups is 1. The van der Waals surface area contributed by atoms with E-state index in [1.54, 1.807) is 0 Å². The second-order valence-electron chi connectivity index (χ2n) is 22.1. The number of carbonyl (C=O) groups excluding carboxylic acids is 6. The van der Waals surface area contributed by atoms with Gasteiger partial charge in [-0.1, -0.05) is 86.8 Å². The number of hydrogen-bond acceptors (Lipinski definition) is 15. The lowest BCUT2D eigenvalue weighted by Crippen LogP contribution is -2.66. The lowest BCUT2D eigenvalue weighted by molar-refractivity contribution is -0.141. The first kappa shape index (κ1) is 68.7. The van der Waals surface area contributed by atoms with E-state index < -0.39 is 71.9 Å². The highest BCUT2D eigenvalue weighted by molar-refractivity contribution is 5.92. The first-order valence-electron chi connectivity index (χ1n) is 29.5. The molecule has 3 heterocycles. The fourth-order valence-corrected chi connectivity index (χ4v) is 9.82. The van der Waals surface area contributed by atoms with Crippen molar-refractivity contribution in [2.24, 2.45) is 5.41 Å². The Morgan fingerprint density at radius 3 is 1.42 bits per heavy atom. The fraction of sp³-hybridized carbons (Fsp3) is 0.638. The smallest absolute Gasteiger partial charge is 0.326 e. The lowest BCUT2D eigenvalue weighted by Gasteiger charge is -2.37. The number of carboxylic acid groups (broad SMARTS) is 3. The average molecular weight is 1160 g/mol. The number of aliphatic carboxylic acids is 3. The normalized spacial score (nSPS) is 19.4. The predicted molar refractivity (Wildman–Crippen MR) is 313 cm³/mol. The largest absolute Gasteiger partial charge is 0.481 e. The Kier molecular flexibility index (Phi) is 32.2. The van der Waals surface area contributed by atoms with Crippen molar-refractivity contribution in [3.05, 3.63) is 71.8 Å². The predicted octanol–water partition coefficient (Wildman–Crippen LogP) is -0.149. The number of carboxylic acids is 3. The summed E-state index contributed by atoms with van der Waals surface area (Å²) in [5.41, 5.74) is 1.07. The molecule has 4 atom stereocenters. The molecule has 2 aromatic rings. The molecule has 7 amide bonds. The minimum absolute atomic E-state index is 0.00232. The molecule has 0 spiro atoms. The van der Waals surface area contributed by atoms with Crippen LogP contribution in [-0.2, 0) is 51.2 Å². The molecule has 25 nitrogen and oxygen atoms in total. The number of unbranched alkanes of at least 4 members (excludes halogenated alkanes) is 5. The Bertz CT molecular complexity index is 2270. The highest BCUT2D eigenvalue weighted by atomic mass is 16.4. The molecule has 3 saturated heterocycles. The number of nitrogens with one attached hydrogen (secondary N) is 13. The molecular formula is C58H93N13O12. The van der Waals surface area contributed by atoms with E-state index in [9.17, 15) is 53.4 Å². The summed E-state index contributed by atoms with van der Waals surface area (Å²) in [6.07, 6.45) is 4.57. The molecule has 462 valence electrons. The number of amides is 7. The summed E-state index contributed by atoms with van der Waals surface area (Å²) in [7, 11) is 0. The third kappa shape index (κ3) is 29.4. The van der Waals surface area contributed by atoms with E-state index in [1.807, 2.05) is 60.7 Å². The molecule has 0 aromatic heterocycles. The molecule has 2 bridgehead atoms. The van der Waals surface area contributed by atoms with Crippen molar-refractivity contribution in [2.75, 3.05) is 91.6 Å². The van der Waals surface area contributed by atoms with Crippen molar-refractivity contribution < 1.29 is 58.5 Å². The zero-order chi connectivity index (χ0) is 60.1. The molecule has 0 radical (unpaired) electrons. The highest BCUT2D eigenvalue weighted by Crippen LogP contribution is 2.14. The molecule has 0 saturated carbocycles. The van der Waals surface area contributed by atoms with Gasteiger partial charge in [-0.2, -0.15) is 0 Å². The van der Waals surface area contributed by atoms with Crippen molar-refractivity contribution in [1.29, 1.82) is 0 Å². The second-order valence-corrected chi connectivity index (χ2v) is 22.1. The third-order valence-electron chi connectivity index (χ3n) is 14.5. The second kappa shape index (κ2) is 38.9. The van der Waals surface area contributed by atoms with E-state index in [0.717, 1.165) is 89.3 Å². The minimum atomic E-state index is -1.51. The Hall–Kier alpha value is -6.77. The lowest BCUT2D eigenvalue weighted by atomic mass is 9.90. The summed E-state index contributed by atoms with van der Waals surface area (Å²) in [6, 6.07) is 12.8. The zero-order valence-corrected chi connectivity index (χ0v) is 48.3. The summed E-state index contributed by atoms with van der Waals surface area (Å²) in [4.78, 5) is 114. The fourth-order valence-electron chi connectivity index (χ4n) is 9.82. The van der Waals surface area contributed by atoms with Crippen molar-refractivity contribution in [1.82, 2.24) is 69.1 Å². The van der Waals surface area contributed by atoms with Gasteiger partial charge in [0.2, 0.25) is 29.5 Å². The van der Waals surface area contributed by atoms with Crippen LogP contribution in [0.15, 0.2) is 60.7 Å². The van der Waals surface area contributed by atoms with Gasteiger partial charge in [-0.25, -0.2) is 14.4 Å². The van der Waals surface area contributed by atoms with Gasteiger partial charge in [0.25, 0.3) is 0 Å². The maximum Gasteiger partial charge on any atom is 0.326 e. The van der Waals surface area contributed by atoms with Crippen LogP contribution in [0, 0.1) is 5.41 Å². The van der Waals surface area contributed by atoms with E-state index >= 15 is 0 Å². The van der Waals surface area contributed by atoms with E-state index in [4.69, 9.17) is 5.11 Å². The molecule has 3 aliphatic heterocycles. The Morgan fingerprint density at radius 2 is 0.892 bits per heavy atom. The van der Waals surface area contributed by atoms with E-state index in [2.05, 4.69) is 76.0 Å². The number of fused-ring (bicyclic) bond motifs is 15. The van der Waals surface area contributed by atoms with Crippen LogP contribution in [-0.4, -0.2) is 190 Å². The van der Waals surface area contributed by atoms with Crippen LogP contribution in [0.4, 0.5) is 4.79 Å². The first-order valence-corrected chi connectivity index (χ1v) is 29.5. The number of hydrogen-bond donors (Lipinski definition) is 16.